The zero-order valence-corrected chi connectivity index (χ0v) is 10.3. The summed E-state index contributed by atoms with van der Waals surface area (Å²) in [5, 5.41) is 8.16. The lowest BCUT2D eigenvalue weighted by atomic mass is 10.1. The van der Waals surface area contributed by atoms with E-state index in [0.717, 1.165) is 43.9 Å². The topological polar surface area (TPSA) is 64.3 Å². The van der Waals surface area contributed by atoms with Crippen molar-refractivity contribution < 1.29 is 4.74 Å². The van der Waals surface area contributed by atoms with Crippen molar-refractivity contribution in [3.8, 4) is 0 Å². The lowest BCUT2D eigenvalue weighted by molar-refractivity contribution is 0.0524. The molecular weight excluding hydrogens is 216 g/mol. The second-order valence-electron chi connectivity index (χ2n) is 4.25. The summed E-state index contributed by atoms with van der Waals surface area (Å²) in [5.41, 5.74) is 6.78. The zero-order valence-electron chi connectivity index (χ0n) is 10.3. The SMILES string of the molecule is CCOC1CCCN(c2nnccc2CN)C1. The second kappa shape index (κ2) is 5.93. The van der Waals surface area contributed by atoms with Crippen LogP contribution in [-0.2, 0) is 11.3 Å². The minimum absolute atomic E-state index is 0.307. The molecule has 2 N–H and O–H groups in total. The van der Waals surface area contributed by atoms with Gasteiger partial charge in [-0.05, 0) is 25.8 Å². The number of ether oxygens (including phenoxy) is 1. The standard InChI is InChI=1S/C12H20N4O/c1-2-17-11-4-3-7-16(9-11)12-10(8-13)5-6-14-15-12/h5-6,11H,2-4,7-9,13H2,1H3. The number of hydrogen-bond donors (Lipinski definition) is 1. The Kier molecular flexibility index (Phi) is 4.28. The van der Waals surface area contributed by atoms with Crippen molar-refractivity contribution in [2.45, 2.75) is 32.4 Å². The molecule has 1 saturated heterocycles. The van der Waals surface area contributed by atoms with Crippen molar-refractivity contribution in [1.82, 2.24) is 10.2 Å². The fraction of sp³-hybridized carbons (Fsp3) is 0.667. The Morgan fingerprint density at radius 2 is 2.47 bits per heavy atom. The fourth-order valence-electron chi connectivity index (χ4n) is 2.28. The predicted octanol–water partition coefficient (Wildman–Crippen LogP) is 0.941. The van der Waals surface area contributed by atoms with Crippen LogP contribution in [0.15, 0.2) is 12.3 Å². The average molecular weight is 236 g/mol. The summed E-state index contributed by atoms with van der Waals surface area (Å²) in [7, 11) is 0. The highest BCUT2D eigenvalue weighted by atomic mass is 16.5. The van der Waals surface area contributed by atoms with E-state index >= 15 is 0 Å². The summed E-state index contributed by atoms with van der Waals surface area (Å²) >= 11 is 0. The summed E-state index contributed by atoms with van der Waals surface area (Å²) in [5.74, 6) is 0.916. The maximum Gasteiger partial charge on any atom is 0.155 e. The molecule has 17 heavy (non-hydrogen) atoms. The van der Waals surface area contributed by atoms with Crippen LogP contribution in [0.4, 0.5) is 5.82 Å². The van der Waals surface area contributed by atoms with Crippen LogP contribution < -0.4 is 10.6 Å². The van der Waals surface area contributed by atoms with Gasteiger partial charge in [-0.2, -0.15) is 5.10 Å². The van der Waals surface area contributed by atoms with Gasteiger partial charge in [0.15, 0.2) is 5.82 Å². The molecule has 0 aliphatic carbocycles. The van der Waals surface area contributed by atoms with Crippen LogP contribution in [0, 0.1) is 0 Å². The Hall–Kier alpha value is -1.20. The van der Waals surface area contributed by atoms with Gasteiger partial charge >= 0.3 is 0 Å². The van der Waals surface area contributed by atoms with Gasteiger partial charge in [0.1, 0.15) is 0 Å². The largest absolute Gasteiger partial charge is 0.377 e. The fourth-order valence-corrected chi connectivity index (χ4v) is 2.28. The molecule has 1 aromatic rings. The van der Waals surface area contributed by atoms with Crippen LogP contribution in [0.2, 0.25) is 0 Å². The van der Waals surface area contributed by atoms with Gasteiger partial charge in [-0.3, -0.25) is 0 Å². The summed E-state index contributed by atoms with van der Waals surface area (Å²) in [6.45, 7) is 5.20. The Balaban J connectivity index is 2.10. The van der Waals surface area contributed by atoms with Gasteiger partial charge in [-0.1, -0.05) is 0 Å². The third kappa shape index (κ3) is 2.92. The van der Waals surface area contributed by atoms with Crippen LogP contribution in [0.1, 0.15) is 25.3 Å². The van der Waals surface area contributed by atoms with Crippen LogP contribution in [-0.4, -0.2) is 36.0 Å². The van der Waals surface area contributed by atoms with E-state index in [1.54, 1.807) is 6.20 Å². The molecule has 94 valence electrons. The Bertz CT molecular complexity index is 356. The first-order valence-electron chi connectivity index (χ1n) is 6.22. The van der Waals surface area contributed by atoms with Crippen molar-refractivity contribution in [2.24, 2.45) is 5.73 Å². The van der Waals surface area contributed by atoms with E-state index in [-0.39, 0.29) is 0 Å². The Morgan fingerprint density at radius 1 is 1.59 bits per heavy atom. The molecule has 0 saturated carbocycles. The lowest BCUT2D eigenvalue weighted by Gasteiger charge is -2.33. The molecule has 1 aliphatic rings. The molecule has 5 heteroatoms. The third-order valence-corrected chi connectivity index (χ3v) is 3.08. The van der Waals surface area contributed by atoms with Gasteiger partial charge in [-0.25, -0.2) is 0 Å². The van der Waals surface area contributed by atoms with Gasteiger partial charge in [0.05, 0.1) is 12.3 Å². The van der Waals surface area contributed by atoms with Crippen molar-refractivity contribution in [3.63, 3.8) is 0 Å². The second-order valence-corrected chi connectivity index (χ2v) is 4.25. The van der Waals surface area contributed by atoms with Crippen LogP contribution in [0.5, 0.6) is 0 Å². The van der Waals surface area contributed by atoms with E-state index in [1.807, 2.05) is 13.0 Å². The molecule has 2 heterocycles. The van der Waals surface area contributed by atoms with Crippen LogP contribution >= 0.6 is 0 Å². The van der Waals surface area contributed by atoms with E-state index in [4.69, 9.17) is 10.5 Å². The van der Waals surface area contributed by atoms with Crippen LogP contribution in [0.3, 0.4) is 0 Å². The van der Waals surface area contributed by atoms with E-state index in [9.17, 15) is 0 Å². The normalized spacial score (nSPS) is 20.6. The van der Waals surface area contributed by atoms with E-state index in [1.165, 1.54) is 0 Å². The first-order chi connectivity index (χ1) is 8.35. The molecule has 0 radical (unpaired) electrons. The summed E-state index contributed by atoms with van der Waals surface area (Å²) in [4.78, 5) is 2.24. The maximum atomic E-state index is 5.72. The molecule has 0 aromatic carbocycles. The monoisotopic (exact) mass is 236 g/mol. The molecule has 1 atom stereocenters. The van der Waals surface area contributed by atoms with Crippen molar-refractivity contribution in [1.29, 1.82) is 0 Å². The van der Waals surface area contributed by atoms with Gasteiger partial charge in [0.25, 0.3) is 0 Å². The maximum absolute atomic E-state index is 5.72. The minimum Gasteiger partial charge on any atom is -0.377 e. The quantitative estimate of drug-likeness (QED) is 0.843. The molecule has 0 bridgehead atoms. The van der Waals surface area contributed by atoms with Crippen molar-refractivity contribution in [3.05, 3.63) is 17.8 Å². The number of hydrogen-bond acceptors (Lipinski definition) is 5. The number of nitrogens with zero attached hydrogens (tertiary/aromatic N) is 3. The number of anilines is 1. The average Bonchev–Trinajstić information content (AvgIpc) is 2.39. The Morgan fingerprint density at radius 3 is 3.24 bits per heavy atom. The van der Waals surface area contributed by atoms with E-state index in [0.29, 0.717) is 12.6 Å². The van der Waals surface area contributed by atoms with E-state index < -0.39 is 0 Å². The molecule has 0 amide bonds. The Labute approximate surface area is 102 Å². The predicted molar refractivity (Wildman–Crippen MR) is 66.8 cm³/mol. The van der Waals surface area contributed by atoms with Gasteiger partial charge in [-0.15, -0.1) is 5.10 Å². The first-order valence-corrected chi connectivity index (χ1v) is 6.22. The molecule has 2 rings (SSSR count). The highest BCUT2D eigenvalue weighted by molar-refractivity contribution is 5.46. The van der Waals surface area contributed by atoms with Crippen molar-refractivity contribution >= 4 is 5.82 Å². The third-order valence-electron chi connectivity index (χ3n) is 3.08. The first kappa shape index (κ1) is 12.3. The molecule has 0 spiro atoms. The zero-order chi connectivity index (χ0) is 12.1. The van der Waals surface area contributed by atoms with Crippen LogP contribution in [0.25, 0.3) is 0 Å². The molecular formula is C12H20N4O. The number of rotatable bonds is 4. The number of nitrogens with two attached hydrogens (primary N) is 1. The lowest BCUT2D eigenvalue weighted by Crippen LogP contribution is -2.40. The smallest absolute Gasteiger partial charge is 0.155 e. The highest BCUT2D eigenvalue weighted by Gasteiger charge is 2.22. The van der Waals surface area contributed by atoms with Gasteiger partial charge in [0, 0.05) is 31.8 Å². The molecule has 5 nitrogen and oxygen atoms in total. The molecule has 1 unspecified atom stereocenters. The van der Waals surface area contributed by atoms with E-state index in [2.05, 4.69) is 15.1 Å². The summed E-state index contributed by atoms with van der Waals surface area (Å²) in [6, 6.07) is 1.94. The minimum atomic E-state index is 0.307. The molecule has 1 aromatic heterocycles. The summed E-state index contributed by atoms with van der Waals surface area (Å²) in [6.07, 6.45) is 4.25. The van der Waals surface area contributed by atoms with Crippen molar-refractivity contribution in [2.75, 3.05) is 24.6 Å². The molecule has 1 aliphatic heterocycles. The summed E-state index contributed by atoms with van der Waals surface area (Å²) < 4.78 is 5.69. The highest BCUT2D eigenvalue weighted by Crippen LogP contribution is 2.21. The van der Waals surface area contributed by atoms with Gasteiger partial charge in [0.2, 0.25) is 0 Å². The molecule has 1 fully saturated rings. The number of piperidine rings is 1. The van der Waals surface area contributed by atoms with Gasteiger partial charge < -0.3 is 15.4 Å². The number of aromatic nitrogens is 2.